The number of carbonyl (C=O) groups is 2. The maximum absolute atomic E-state index is 12.6. The Kier molecular flexibility index (Phi) is 4.97. The van der Waals surface area contributed by atoms with Crippen molar-refractivity contribution < 1.29 is 9.59 Å². The minimum atomic E-state index is -0.158. The summed E-state index contributed by atoms with van der Waals surface area (Å²) in [7, 11) is 1.60. The van der Waals surface area contributed by atoms with Gasteiger partial charge in [-0.05, 0) is 48.9 Å². The predicted octanol–water partition coefficient (Wildman–Crippen LogP) is 3.43. The van der Waals surface area contributed by atoms with E-state index in [1.807, 2.05) is 23.1 Å². The number of nitrogens with zero attached hydrogens (tertiary/aromatic N) is 1. The van der Waals surface area contributed by atoms with Gasteiger partial charge < -0.3 is 20.5 Å². The van der Waals surface area contributed by atoms with Crippen molar-refractivity contribution in [2.75, 3.05) is 25.5 Å². The highest BCUT2D eigenvalue weighted by molar-refractivity contribution is 5.99. The topological polar surface area (TPSA) is 77.2 Å². The number of carbonyl (C=O) groups excluding carboxylic acids is 2. The van der Waals surface area contributed by atoms with Gasteiger partial charge in [-0.2, -0.15) is 0 Å². The summed E-state index contributed by atoms with van der Waals surface area (Å²) in [6, 6.07) is 7.36. The van der Waals surface area contributed by atoms with Gasteiger partial charge in [-0.1, -0.05) is 13.8 Å². The molecule has 2 aromatic rings. The van der Waals surface area contributed by atoms with Crippen molar-refractivity contribution in [3.63, 3.8) is 0 Å². The second-order valence-corrected chi connectivity index (χ2v) is 7.18. The van der Waals surface area contributed by atoms with Gasteiger partial charge in [0.15, 0.2) is 0 Å². The molecule has 0 bridgehead atoms. The van der Waals surface area contributed by atoms with Crippen LogP contribution in [0.4, 0.5) is 10.5 Å². The van der Waals surface area contributed by atoms with Crippen molar-refractivity contribution in [2.45, 2.75) is 26.7 Å². The van der Waals surface area contributed by atoms with Gasteiger partial charge in [-0.3, -0.25) is 4.79 Å². The van der Waals surface area contributed by atoms with Crippen LogP contribution in [0.2, 0.25) is 0 Å². The van der Waals surface area contributed by atoms with Gasteiger partial charge in [0.2, 0.25) is 0 Å². The van der Waals surface area contributed by atoms with Crippen molar-refractivity contribution in [3.05, 3.63) is 30.0 Å². The Bertz CT molecular complexity index is 783. The normalized spacial score (nSPS) is 21.0. The Morgan fingerprint density at radius 2 is 2.00 bits per heavy atom. The van der Waals surface area contributed by atoms with E-state index in [1.54, 1.807) is 13.1 Å². The fraction of sp³-hybridized carbons (Fsp3) is 0.474. The number of benzene rings is 1. The zero-order chi connectivity index (χ0) is 18.0. The average Bonchev–Trinajstić information content (AvgIpc) is 2.92. The summed E-state index contributed by atoms with van der Waals surface area (Å²) in [5.41, 5.74) is 2.12. The number of hydrogen-bond acceptors (Lipinski definition) is 2. The quantitative estimate of drug-likeness (QED) is 0.782. The second-order valence-electron chi connectivity index (χ2n) is 7.18. The fourth-order valence-corrected chi connectivity index (χ4v) is 3.58. The lowest BCUT2D eigenvalue weighted by molar-refractivity contribution is 0.0959. The number of amides is 3. The number of nitrogens with one attached hydrogen (secondary N) is 3. The Morgan fingerprint density at radius 3 is 2.76 bits per heavy atom. The van der Waals surface area contributed by atoms with Gasteiger partial charge in [-0.25, -0.2) is 4.79 Å². The Balaban J connectivity index is 1.73. The van der Waals surface area contributed by atoms with Gasteiger partial charge in [0.1, 0.15) is 5.69 Å². The van der Waals surface area contributed by atoms with E-state index in [2.05, 4.69) is 29.5 Å². The monoisotopic (exact) mass is 342 g/mol. The zero-order valence-corrected chi connectivity index (χ0v) is 15.1. The van der Waals surface area contributed by atoms with E-state index in [0.29, 0.717) is 17.5 Å². The number of fused-ring (bicyclic) bond motifs is 1. The third kappa shape index (κ3) is 3.95. The maximum Gasteiger partial charge on any atom is 0.321 e. The molecule has 1 saturated heterocycles. The van der Waals surface area contributed by atoms with E-state index < -0.39 is 0 Å². The molecular formula is C19H26N4O2. The fourth-order valence-electron chi connectivity index (χ4n) is 3.58. The first-order valence-electron chi connectivity index (χ1n) is 8.87. The van der Waals surface area contributed by atoms with E-state index in [1.165, 1.54) is 6.42 Å². The van der Waals surface area contributed by atoms with Gasteiger partial charge in [0.25, 0.3) is 5.91 Å². The first-order valence-corrected chi connectivity index (χ1v) is 8.87. The lowest BCUT2D eigenvalue weighted by Gasteiger charge is -2.23. The van der Waals surface area contributed by atoms with Crippen LogP contribution in [0.15, 0.2) is 24.3 Å². The number of anilines is 1. The van der Waals surface area contributed by atoms with E-state index in [-0.39, 0.29) is 11.9 Å². The molecule has 0 aliphatic carbocycles. The molecule has 0 radical (unpaired) electrons. The molecule has 1 fully saturated rings. The molecule has 1 aromatic carbocycles. The molecule has 3 amide bonds. The number of aromatic amines is 1. The molecule has 25 heavy (non-hydrogen) atoms. The minimum Gasteiger partial charge on any atom is -0.354 e. The minimum absolute atomic E-state index is 0.0534. The first kappa shape index (κ1) is 17.3. The number of aromatic nitrogens is 1. The van der Waals surface area contributed by atoms with E-state index >= 15 is 0 Å². The summed E-state index contributed by atoms with van der Waals surface area (Å²) in [5.74, 6) is 1.02. The van der Waals surface area contributed by atoms with Crippen LogP contribution in [0.25, 0.3) is 10.9 Å². The number of hydrogen-bond donors (Lipinski definition) is 3. The SMILES string of the molecule is CNC(=O)c1cc2cc(NC(=O)N3CC[C@@H](C)C[C@H](C)C3)ccc2[nH]1. The van der Waals surface area contributed by atoms with Crippen LogP contribution in [-0.4, -0.2) is 42.0 Å². The largest absolute Gasteiger partial charge is 0.354 e. The number of H-pyrrole nitrogens is 1. The van der Waals surface area contributed by atoms with Crippen LogP contribution in [-0.2, 0) is 0 Å². The van der Waals surface area contributed by atoms with Gasteiger partial charge >= 0.3 is 6.03 Å². The van der Waals surface area contributed by atoms with Crippen LogP contribution >= 0.6 is 0 Å². The Hall–Kier alpha value is -2.50. The molecule has 1 aliphatic rings. The molecule has 3 N–H and O–H groups in total. The summed E-state index contributed by atoms with van der Waals surface area (Å²) in [6.07, 6.45) is 2.21. The van der Waals surface area contributed by atoms with Gasteiger partial charge in [-0.15, -0.1) is 0 Å². The smallest absolute Gasteiger partial charge is 0.321 e. The molecule has 134 valence electrons. The molecule has 1 aromatic heterocycles. The van der Waals surface area contributed by atoms with Crippen LogP contribution in [0.5, 0.6) is 0 Å². The molecule has 6 nitrogen and oxygen atoms in total. The van der Waals surface area contributed by atoms with Gasteiger partial charge in [0.05, 0.1) is 0 Å². The highest BCUT2D eigenvalue weighted by Gasteiger charge is 2.22. The van der Waals surface area contributed by atoms with Crippen LogP contribution in [0, 0.1) is 11.8 Å². The highest BCUT2D eigenvalue weighted by atomic mass is 16.2. The third-order valence-corrected chi connectivity index (χ3v) is 4.86. The van der Waals surface area contributed by atoms with Crippen LogP contribution in [0.1, 0.15) is 37.2 Å². The average molecular weight is 342 g/mol. The Labute approximate surface area is 148 Å². The molecule has 0 saturated carbocycles. The molecule has 6 heteroatoms. The number of rotatable bonds is 2. The molecular weight excluding hydrogens is 316 g/mol. The number of likely N-dealkylation sites (tertiary alicyclic amines) is 1. The number of urea groups is 1. The van der Waals surface area contributed by atoms with Crippen LogP contribution in [0.3, 0.4) is 0 Å². The van der Waals surface area contributed by atoms with Crippen molar-refractivity contribution >= 4 is 28.5 Å². The summed E-state index contributed by atoms with van der Waals surface area (Å²) < 4.78 is 0. The summed E-state index contributed by atoms with van der Waals surface area (Å²) in [6.45, 7) is 6.05. The standard InChI is InChI=1S/C19H26N4O2/c1-12-6-7-23(11-13(2)8-12)19(25)21-15-4-5-16-14(9-15)10-17(22-16)18(24)20-3/h4-5,9-10,12-13,22H,6-8,11H2,1-3H3,(H,20,24)(H,21,25)/t12-,13+/m1/s1. The first-order chi connectivity index (χ1) is 12.0. The zero-order valence-electron chi connectivity index (χ0n) is 15.1. The van der Waals surface area contributed by atoms with Crippen molar-refractivity contribution in [2.24, 2.45) is 11.8 Å². The summed E-state index contributed by atoms with van der Waals surface area (Å²) >= 11 is 0. The van der Waals surface area contributed by atoms with E-state index in [0.717, 1.165) is 36.1 Å². The second kappa shape index (κ2) is 7.17. The lowest BCUT2D eigenvalue weighted by Crippen LogP contribution is -2.37. The maximum atomic E-state index is 12.6. The van der Waals surface area contributed by atoms with Crippen LogP contribution < -0.4 is 10.6 Å². The lowest BCUT2D eigenvalue weighted by atomic mass is 9.97. The van der Waals surface area contributed by atoms with Crippen molar-refractivity contribution in [1.82, 2.24) is 15.2 Å². The van der Waals surface area contributed by atoms with Crippen molar-refractivity contribution in [3.8, 4) is 0 Å². The molecule has 0 unspecified atom stereocenters. The molecule has 2 atom stereocenters. The predicted molar refractivity (Wildman–Crippen MR) is 99.8 cm³/mol. The van der Waals surface area contributed by atoms with E-state index in [9.17, 15) is 9.59 Å². The van der Waals surface area contributed by atoms with Crippen molar-refractivity contribution in [1.29, 1.82) is 0 Å². The highest BCUT2D eigenvalue weighted by Crippen LogP contribution is 2.23. The molecule has 3 rings (SSSR count). The summed E-state index contributed by atoms with van der Waals surface area (Å²) in [4.78, 5) is 29.3. The van der Waals surface area contributed by atoms with Gasteiger partial charge in [0, 0.05) is 36.7 Å². The Morgan fingerprint density at radius 1 is 1.20 bits per heavy atom. The molecule has 2 heterocycles. The molecule has 1 aliphatic heterocycles. The third-order valence-electron chi connectivity index (χ3n) is 4.86. The van der Waals surface area contributed by atoms with E-state index in [4.69, 9.17) is 0 Å². The molecule has 0 spiro atoms. The summed E-state index contributed by atoms with van der Waals surface area (Å²) in [5, 5.41) is 6.49.